The molecule has 2 aromatic carbocycles. The first-order valence-corrected chi connectivity index (χ1v) is 21.4. The van der Waals surface area contributed by atoms with Crippen LogP contribution >= 0.6 is 0 Å². The fourth-order valence-corrected chi connectivity index (χ4v) is 10.1. The summed E-state index contributed by atoms with van der Waals surface area (Å²) in [7, 11) is 3.51. The SMILES string of the molecule is Cn1nc(C2CCC(=O)NC2=O)c2cccc(C3CCN(CC4CCN(c5ncc(F)c(Nc6ccc7c(c6)c6c(c(=O)n7C)OCC(F)(F)C(C7CC7)N6)n5)CC4)CC3)c21. The van der Waals surface area contributed by atoms with E-state index in [9.17, 15) is 14.4 Å². The fraction of sp³-hybridized carbons (Fsp3) is 0.500. The Labute approximate surface area is 349 Å². The molecule has 0 bridgehead atoms. The molecule has 5 aliphatic rings. The van der Waals surface area contributed by atoms with Crippen LogP contribution in [0, 0.1) is 17.7 Å². The summed E-state index contributed by atoms with van der Waals surface area (Å²) in [5, 5.41) is 14.8. The van der Waals surface area contributed by atoms with Crippen molar-refractivity contribution in [2.45, 2.75) is 75.2 Å². The highest BCUT2D eigenvalue weighted by Crippen LogP contribution is 2.46. The number of halogens is 3. The zero-order valence-corrected chi connectivity index (χ0v) is 34.2. The quantitative estimate of drug-likeness (QED) is 0.160. The number of anilines is 4. The van der Waals surface area contributed by atoms with Gasteiger partial charge in [-0.05, 0) is 99.6 Å². The number of nitrogens with one attached hydrogen (secondary N) is 3. The molecule has 0 spiro atoms. The molecule has 1 aliphatic carbocycles. The Morgan fingerprint density at radius 1 is 0.951 bits per heavy atom. The van der Waals surface area contributed by atoms with E-state index < -0.39 is 35.9 Å². The van der Waals surface area contributed by atoms with E-state index in [0.29, 0.717) is 60.1 Å². The van der Waals surface area contributed by atoms with Crippen LogP contribution in [0.4, 0.5) is 36.3 Å². The number of pyridine rings is 1. The summed E-state index contributed by atoms with van der Waals surface area (Å²) < 4.78 is 54.3. The molecular weight excluding hydrogens is 790 g/mol. The first-order valence-electron chi connectivity index (χ1n) is 21.4. The lowest BCUT2D eigenvalue weighted by Gasteiger charge is -2.38. The summed E-state index contributed by atoms with van der Waals surface area (Å²) in [6.45, 7) is 3.56. The van der Waals surface area contributed by atoms with Crippen molar-refractivity contribution in [3.8, 4) is 5.75 Å². The van der Waals surface area contributed by atoms with Crippen LogP contribution < -0.4 is 31.1 Å². The summed E-state index contributed by atoms with van der Waals surface area (Å²) in [6.07, 6.45) is 7.25. The van der Waals surface area contributed by atoms with Gasteiger partial charge in [0.15, 0.2) is 18.2 Å². The Morgan fingerprint density at radius 2 is 1.74 bits per heavy atom. The third kappa shape index (κ3) is 7.33. The van der Waals surface area contributed by atoms with Gasteiger partial charge in [-0.3, -0.25) is 24.4 Å². The number of likely N-dealkylation sites (tertiary alicyclic amines) is 1. The molecule has 3 saturated heterocycles. The van der Waals surface area contributed by atoms with E-state index >= 15 is 13.2 Å². The second-order valence-electron chi connectivity index (χ2n) is 17.6. The number of benzene rings is 2. The maximum Gasteiger partial charge on any atom is 0.301 e. The van der Waals surface area contributed by atoms with Crippen molar-refractivity contribution >= 4 is 56.8 Å². The summed E-state index contributed by atoms with van der Waals surface area (Å²) in [4.78, 5) is 51.3. The van der Waals surface area contributed by atoms with Gasteiger partial charge in [0, 0.05) is 56.6 Å². The minimum absolute atomic E-state index is 0.00846. The van der Waals surface area contributed by atoms with Crippen molar-refractivity contribution in [2.75, 3.05) is 54.9 Å². The zero-order valence-electron chi connectivity index (χ0n) is 34.2. The standard InChI is InChI=1S/C44H49F3N10O4/c1-54-33-10-8-27(20-31(33)36-38(42(54)60)61-23-44(46,47)39(51-36)26-6-7-26)49-40-32(45)21-48-43(52-40)57-18-12-24(13-19-57)22-56-16-14-25(15-17-56)28-4-3-5-29-35(53-55(2)37(28)29)30-9-11-34(58)50-41(30)59/h3-5,8,10,20-21,24-26,30,39,51H,6-7,9,11-19,22-23H2,1-2H3,(H,48,49,52)(H,50,58,59). The number of nitrogens with zero attached hydrogens (tertiary/aromatic N) is 7. The van der Waals surface area contributed by atoms with Crippen LogP contribution in [0.25, 0.3) is 21.8 Å². The van der Waals surface area contributed by atoms with Crippen LogP contribution in [-0.4, -0.2) is 92.3 Å². The van der Waals surface area contributed by atoms with E-state index in [1.165, 1.54) is 10.1 Å². The minimum Gasteiger partial charge on any atom is -0.480 e. The molecule has 2 atom stereocenters. The maximum atomic E-state index is 15.3. The molecular formula is C44H49F3N10O4. The van der Waals surface area contributed by atoms with Gasteiger partial charge in [0.2, 0.25) is 23.5 Å². The average Bonchev–Trinajstić information content (AvgIpc) is 4.05. The lowest BCUT2D eigenvalue weighted by molar-refractivity contribution is -0.134. The summed E-state index contributed by atoms with van der Waals surface area (Å²) in [5.74, 6) is -3.80. The number of hydrogen-bond acceptors (Lipinski definition) is 11. The second kappa shape index (κ2) is 15.3. The molecule has 0 radical (unpaired) electrons. The summed E-state index contributed by atoms with van der Waals surface area (Å²) in [5.41, 5.74) is 3.76. The number of piperidine rings is 3. The lowest BCUT2D eigenvalue weighted by Crippen LogP contribution is -2.44. The molecule has 2 amide bonds. The van der Waals surface area contributed by atoms with Crippen molar-refractivity contribution < 1.29 is 27.5 Å². The Hall–Kier alpha value is -5.71. The molecule has 14 nitrogen and oxygen atoms in total. The van der Waals surface area contributed by atoms with Crippen molar-refractivity contribution in [1.29, 1.82) is 0 Å². The Morgan fingerprint density at radius 3 is 2.49 bits per heavy atom. The number of para-hydroxylation sites is 1. The lowest BCUT2D eigenvalue weighted by atomic mass is 9.86. The number of ether oxygens (including phenoxy) is 1. The van der Waals surface area contributed by atoms with Gasteiger partial charge >= 0.3 is 5.92 Å². The second-order valence-corrected chi connectivity index (χ2v) is 17.6. The number of carbonyl (C=O) groups is 2. The third-order valence-corrected chi connectivity index (χ3v) is 13.5. The third-order valence-electron chi connectivity index (χ3n) is 13.5. The van der Waals surface area contributed by atoms with Crippen LogP contribution in [0.3, 0.4) is 0 Å². The largest absolute Gasteiger partial charge is 0.480 e. The molecule has 17 heteroatoms. The van der Waals surface area contributed by atoms with Crippen LogP contribution in [0.5, 0.6) is 5.75 Å². The Bertz CT molecular complexity index is 2610. The zero-order chi connectivity index (χ0) is 42.2. The molecule has 3 N–H and O–H groups in total. The fourth-order valence-electron chi connectivity index (χ4n) is 10.1. The van der Waals surface area contributed by atoms with Crippen molar-refractivity contribution in [2.24, 2.45) is 25.9 Å². The van der Waals surface area contributed by atoms with Gasteiger partial charge in [-0.1, -0.05) is 18.2 Å². The molecule has 1 saturated carbocycles. The number of amides is 2. The van der Waals surface area contributed by atoms with Crippen molar-refractivity contribution in [1.82, 2.24) is 34.5 Å². The maximum absolute atomic E-state index is 15.3. The molecule has 5 aromatic rings. The van der Waals surface area contributed by atoms with Crippen LogP contribution in [0.2, 0.25) is 0 Å². The molecule has 4 fully saturated rings. The molecule has 61 heavy (non-hydrogen) atoms. The van der Waals surface area contributed by atoms with Gasteiger partial charge in [0.05, 0.1) is 40.6 Å². The summed E-state index contributed by atoms with van der Waals surface area (Å²) >= 11 is 0. The predicted molar refractivity (Wildman–Crippen MR) is 224 cm³/mol. The normalized spacial score (nSPS) is 22.7. The number of rotatable bonds is 8. The number of hydrogen-bond donors (Lipinski definition) is 3. The van der Waals surface area contributed by atoms with Crippen molar-refractivity contribution in [3.63, 3.8) is 0 Å². The van der Waals surface area contributed by atoms with Gasteiger partial charge in [-0.15, -0.1) is 0 Å². The monoisotopic (exact) mass is 838 g/mol. The van der Waals surface area contributed by atoms with E-state index in [0.717, 1.165) is 81.2 Å². The Kier molecular flexibility index (Phi) is 9.91. The highest BCUT2D eigenvalue weighted by Gasteiger charge is 2.51. The first kappa shape index (κ1) is 39.4. The first-order chi connectivity index (χ1) is 29.4. The van der Waals surface area contributed by atoms with E-state index in [2.05, 4.69) is 47.9 Å². The summed E-state index contributed by atoms with van der Waals surface area (Å²) in [6, 6.07) is 10.2. The van der Waals surface area contributed by atoms with Gasteiger partial charge in [-0.25, -0.2) is 18.2 Å². The van der Waals surface area contributed by atoms with Crippen LogP contribution in [-0.2, 0) is 23.7 Å². The number of carbonyl (C=O) groups excluding carboxylic acids is 2. The van der Waals surface area contributed by atoms with Crippen LogP contribution in [0.15, 0.2) is 47.4 Å². The number of aromatic nitrogens is 5. The van der Waals surface area contributed by atoms with E-state index in [1.807, 2.05) is 17.8 Å². The van der Waals surface area contributed by atoms with E-state index in [4.69, 9.17) is 9.84 Å². The number of imide groups is 1. The van der Waals surface area contributed by atoms with Gasteiger partial charge < -0.3 is 29.7 Å². The molecule has 2 unspecified atom stereocenters. The molecule has 10 rings (SSSR count). The van der Waals surface area contributed by atoms with Gasteiger partial charge in [-0.2, -0.15) is 10.1 Å². The highest BCUT2D eigenvalue weighted by molar-refractivity contribution is 6.03. The predicted octanol–water partition coefficient (Wildman–Crippen LogP) is 5.93. The number of fused-ring (bicyclic) bond motifs is 4. The van der Waals surface area contributed by atoms with Crippen molar-refractivity contribution in [3.05, 3.63) is 70.0 Å². The number of alkyl halides is 2. The molecule has 320 valence electrons. The molecule has 4 aliphatic heterocycles. The number of aryl methyl sites for hydroxylation is 2. The Balaban J connectivity index is 0.777. The van der Waals surface area contributed by atoms with Gasteiger partial charge in [0.1, 0.15) is 0 Å². The smallest absolute Gasteiger partial charge is 0.301 e. The molecule has 3 aromatic heterocycles. The highest BCUT2D eigenvalue weighted by atomic mass is 19.3. The minimum atomic E-state index is -3.16. The van der Waals surface area contributed by atoms with Crippen LogP contribution in [0.1, 0.15) is 74.5 Å². The topological polar surface area (TPSA) is 152 Å². The average molecular weight is 839 g/mol. The van der Waals surface area contributed by atoms with E-state index in [-0.39, 0.29) is 35.0 Å². The van der Waals surface area contributed by atoms with E-state index in [1.54, 1.807) is 25.2 Å². The molecule has 7 heterocycles. The van der Waals surface area contributed by atoms with Gasteiger partial charge in [0.25, 0.3) is 5.56 Å².